The second kappa shape index (κ2) is 7.13. The van der Waals surface area contributed by atoms with Crippen molar-refractivity contribution < 1.29 is 9.72 Å². The number of ketones is 1. The summed E-state index contributed by atoms with van der Waals surface area (Å²) in [6.45, 7) is 0. The van der Waals surface area contributed by atoms with Crippen molar-refractivity contribution in [2.45, 2.75) is 30.7 Å². The van der Waals surface area contributed by atoms with Gasteiger partial charge >= 0.3 is 0 Å². The van der Waals surface area contributed by atoms with Gasteiger partial charge < -0.3 is 0 Å². The summed E-state index contributed by atoms with van der Waals surface area (Å²) in [4.78, 5) is 33.9. The first kappa shape index (κ1) is 17.1. The number of benzene rings is 1. The predicted octanol–water partition coefficient (Wildman–Crippen LogP) is 4.45. The number of nitrogens with zero attached hydrogens (tertiary/aromatic N) is 3. The maximum atomic E-state index is 12.4. The number of nitro groups is 1. The molecule has 0 spiro atoms. The van der Waals surface area contributed by atoms with Crippen LogP contribution < -0.4 is 0 Å². The molecule has 1 aliphatic carbocycles. The average molecular weight is 385 g/mol. The third-order valence-electron chi connectivity index (χ3n) is 4.46. The van der Waals surface area contributed by atoms with E-state index >= 15 is 0 Å². The molecule has 3 aromatic rings. The molecule has 1 aromatic carbocycles. The number of non-ortho nitro benzene ring substituents is 1. The number of thioether (sulfide) groups is 1. The summed E-state index contributed by atoms with van der Waals surface area (Å²) in [5, 5.41) is 12.7. The lowest BCUT2D eigenvalue weighted by Gasteiger charge is -2.11. The highest BCUT2D eigenvalue weighted by atomic mass is 32.2. The molecule has 0 saturated heterocycles. The molecule has 6 nitrogen and oxygen atoms in total. The van der Waals surface area contributed by atoms with Gasteiger partial charge in [-0.1, -0.05) is 11.8 Å². The van der Waals surface area contributed by atoms with Gasteiger partial charge in [0.15, 0.2) is 5.78 Å². The Kier molecular flexibility index (Phi) is 4.69. The third kappa shape index (κ3) is 3.22. The number of hydrogen-bond donors (Lipinski definition) is 0. The van der Waals surface area contributed by atoms with E-state index in [2.05, 4.69) is 9.97 Å². The summed E-state index contributed by atoms with van der Waals surface area (Å²) in [6.07, 6.45) is 6.10. The van der Waals surface area contributed by atoms with Crippen molar-refractivity contribution in [3.8, 4) is 0 Å². The average Bonchev–Trinajstić information content (AvgIpc) is 3.05. The molecule has 4 rings (SSSR count). The molecule has 0 N–H and O–H groups in total. The van der Waals surface area contributed by atoms with Crippen molar-refractivity contribution in [2.24, 2.45) is 0 Å². The number of carbonyl (C=O) groups excluding carboxylic acids is 1. The van der Waals surface area contributed by atoms with Gasteiger partial charge in [0, 0.05) is 28.0 Å². The maximum Gasteiger partial charge on any atom is 0.269 e. The number of aromatic nitrogens is 2. The van der Waals surface area contributed by atoms with Gasteiger partial charge in [0.25, 0.3) is 5.69 Å². The van der Waals surface area contributed by atoms with Crippen molar-refractivity contribution in [2.75, 3.05) is 5.75 Å². The number of Topliss-reactive ketones (excluding diaryl/α,β-unsaturated/α-hetero) is 1. The van der Waals surface area contributed by atoms with Crippen LogP contribution in [0, 0.1) is 10.1 Å². The molecule has 0 bridgehead atoms. The summed E-state index contributed by atoms with van der Waals surface area (Å²) in [5.41, 5.74) is 1.81. The molecule has 0 atom stereocenters. The Labute approximate surface area is 157 Å². The molecule has 0 aliphatic heterocycles. The molecule has 1 aliphatic rings. The molecule has 26 heavy (non-hydrogen) atoms. The van der Waals surface area contributed by atoms with E-state index in [0.717, 1.165) is 28.1 Å². The number of aryl methyl sites for hydroxylation is 2. The second-order valence-electron chi connectivity index (χ2n) is 6.09. The number of fused-ring (bicyclic) bond motifs is 3. The van der Waals surface area contributed by atoms with Gasteiger partial charge in [0.05, 0.1) is 10.7 Å². The highest BCUT2D eigenvalue weighted by Crippen LogP contribution is 2.39. The first-order valence-electron chi connectivity index (χ1n) is 8.29. The van der Waals surface area contributed by atoms with E-state index in [9.17, 15) is 14.9 Å². The Hall–Kier alpha value is -2.32. The van der Waals surface area contributed by atoms with Gasteiger partial charge in [-0.3, -0.25) is 14.9 Å². The predicted molar refractivity (Wildman–Crippen MR) is 102 cm³/mol. The van der Waals surface area contributed by atoms with E-state index < -0.39 is 4.92 Å². The number of hydrogen-bond acceptors (Lipinski definition) is 7. The lowest BCUT2D eigenvalue weighted by molar-refractivity contribution is -0.384. The largest absolute Gasteiger partial charge is 0.293 e. The molecular weight excluding hydrogens is 370 g/mol. The van der Waals surface area contributed by atoms with E-state index in [1.165, 1.54) is 59.3 Å². The molecule has 132 valence electrons. The first-order valence-corrected chi connectivity index (χ1v) is 10.1. The lowest BCUT2D eigenvalue weighted by Crippen LogP contribution is -2.03. The van der Waals surface area contributed by atoms with Crippen LogP contribution in [-0.4, -0.2) is 26.4 Å². The smallest absolute Gasteiger partial charge is 0.269 e. The van der Waals surface area contributed by atoms with E-state index in [-0.39, 0.29) is 17.2 Å². The number of nitro benzene ring substituents is 1. The van der Waals surface area contributed by atoms with Gasteiger partial charge in [-0.05, 0) is 43.4 Å². The minimum atomic E-state index is -0.472. The monoisotopic (exact) mass is 385 g/mol. The van der Waals surface area contributed by atoms with Crippen LogP contribution in [0.15, 0.2) is 35.6 Å². The molecule has 0 amide bonds. The van der Waals surface area contributed by atoms with Crippen molar-refractivity contribution in [3.05, 3.63) is 56.7 Å². The summed E-state index contributed by atoms with van der Waals surface area (Å²) in [6, 6.07) is 5.72. The number of carbonyl (C=O) groups is 1. The molecule has 2 aromatic heterocycles. The van der Waals surface area contributed by atoms with Crippen molar-refractivity contribution in [1.82, 2.24) is 9.97 Å². The van der Waals surface area contributed by atoms with Crippen LogP contribution in [0.5, 0.6) is 0 Å². The number of rotatable bonds is 5. The van der Waals surface area contributed by atoms with E-state index in [1.807, 2.05) is 0 Å². The molecule has 0 fully saturated rings. The van der Waals surface area contributed by atoms with Gasteiger partial charge in [-0.15, -0.1) is 11.3 Å². The Morgan fingerprint density at radius 3 is 2.73 bits per heavy atom. The summed E-state index contributed by atoms with van der Waals surface area (Å²) >= 11 is 3.15. The van der Waals surface area contributed by atoms with Crippen LogP contribution in [-0.2, 0) is 12.8 Å². The molecule has 0 unspecified atom stereocenters. The fourth-order valence-electron chi connectivity index (χ4n) is 3.16. The first-order chi connectivity index (χ1) is 12.6. The van der Waals surface area contributed by atoms with Gasteiger partial charge in [-0.2, -0.15) is 0 Å². The topological polar surface area (TPSA) is 86.0 Å². The molecular formula is C18H15N3O3S2. The van der Waals surface area contributed by atoms with E-state index in [1.54, 1.807) is 17.7 Å². The molecule has 8 heteroatoms. The highest BCUT2D eigenvalue weighted by molar-refractivity contribution is 8.00. The Morgan fingerprint density at radius 2 is 1.96 bits per heavy atom. The number of thiophene rings is 1. The third-order valence-corrected chi connectivity index (χ3v) is 6.65. The fourth-order valence-corrected chi connectivity index (χ4v) is 5.37. The van der Waals surface area contributed by atoms with Crippen LogP contribution in [0.1, 0.15) is 33.6 Å². The quantitative estimate of drug-likeness (QED) is 0.212. The zero-order valence-corrected chi connectivity index (χ0v) is 15.4. The van der Waals surface area contributed by atoms with E-state index in [4.69, 9.17) is 0 Å². The van der Waals surface area contributed by atoms with Crippen LogP contribution in [0.2, 0.25) is 0 Å². The van der Waals surface area contributed by atoms with Crippen LogP contribution in [0.25, 0.3) is 10.2 Å². The summed E-state index contributed by atoms with van der Waals surface area (Å²) in [5.74, 6) is 0.176. The van der Waals surface area contributed by atoms with Crippen molar-refractivity contribution in [3.63, 3.8) is 0 Å². The zero-order chi connectivity index (χ0) is 18.1. The summed E-state index contributed by atoms with van der Waals surface area (Å²) < 4.78 is 0. The zero-order valence-electron chi connectivity index (χ0n) is 13.8. The van der Waals surface area contributed by atoms with Crippen molar-refractivity contribution >= 4 is 44.8 Å². The van der Waals surface area contributed by atoms with Crippen LogP contribution in [0.4, 0.5) is 5.69 Å². The van der Waals surface area contributed by atoms with Crippen LogP contribution >= 0.6 is 23.1 Å². The minimum absolute atomic E-state index is 0.0170. The normalized spacial score (nSPS) is 13.5. The maximum absolute atomic E-state index is 12.4. The Morgan fingerprint density at radius 1 is 1.19 bits per heavy atom. The SMILES string of the molecule is O=C(CSc1ncnc2sc3c(c12)CCCC3)c1ccc([N+](=O)[O-])cc1. The van der Waals surface area contributed by atoms with E-state index in [0.29, 0.717) is 5.56 Å². The Balaban J connectivity index is 1.55. The van der Waals surface area contributed by atoms with Gasteiger partial charge in [0.2, 0.25) is 0 Å². The molecule has 2 heterocycles. The Bertz CT molecular complexity index is 999. The molecule has 0 radical (unpaired) electrons. The molecule has 0 saturated carbocycles. The van der Waals surface area contributed by atoms with Gasteiger partial charge in [-0.25, -0.2) is 9.97 Å². The highest BCUT2D eigenvalue weighted by Gasteiger charge is 2.20. The minimum Gasteiger partial charge on any atom is -0.293 e. The summed E-state index contributed by atoms with van der Waals surface area (Å²) in [7, 11) is 0. The van der Waals surface area contributed by atoms with Crippen LogP contribution in [0.3, 0.4) is 0 Å². The van der Waals surface area contributed by atoms with Gasteiger partial charge in [0.1, 0.15) is 16.2 Å². The lowest BCUT2D eigenvalue weighted by atomic mass is 9.97. The van der Waals surface area contributed by atoms with Crippen molar-refractivity contribution in [1.29, 1.82) is 0 Å². The standard InChI is InChI=1S/C18H15N3O3S2/c22-14(11-5-7-12(8-6-11)21(23)24)9-25-17-16-13-3-1-2-4-15(13)26-18(16)20-10-19-17/h5-8,10H,1-4,9H2. The second-order valence-corrected chi connectivity index (χ2v) is 8.13. The fraction of sp³-hybridized carbons (Fsp3) is 0.278.